The quantitative estimate of drug-likeness (QED) is 0.569. The zero-order chi connectivity index (χ0) is 18.4. The topological polar surface area (TPSA) is 41.5 Å². The van der Waals surface area contributed by atoms with E-state index in [-0.39, 0.29) is 6.04 Å². The second-order valence-corrected chi connectivity index (χ2v) is 6.58. The number of nitrogens with one attached hydrogen (secondary N) is 1. The molecule has 0 saturated carbocycles. The molecule has 2 N–H and O–H groups in total. The van der Waals surface area contributed by atoms with Crippen molar-refractivity contribution in [3.8, 4) is 5.75 Å². The smallest absolute Gasteiger partial charge is 0.118 e. The van der Waals surface area contributed by atoms with Gasteiger partial charge in [0.2, 0.25) is 0 Å². The number of benzene rings is 3. The second-order valence-electron chi connectivity index (χ2n) is 6.14. The normalized spacial score (nSPS) is 13.0. The third-order valence-electron chi connectivity index (χ3n) is 4.35. The van der Waals surface area contributed by atoms with Crippen LogP contribution in [0.5, 0.6) is 5.75 Å². The molecule has 3 rings (SSSR count). The predicted molar refractivity (Wildman–Crippen MR) is 107 cm³/mol. The number of aliphatic hydroxyl groups is 1. The molecule has 0 fully saturated rings. The predicted octanol–water partition coefficient (Wildman–Crippen LogP) is 5.63. The van der Waals surface area contributed by atoms with Crippen molar-refractivity contribution in [3.63, 3.8) is 0 Å². The van der Waals surface area contributed by atoms with E-state index in [4.69, 9.17) is 16.3 Å². The molecule has 2 unspecified atom stereocenters. The van der Waals surface area contributed by atoms with Crippen molar-refractivity contribution in [2.24, 2.45) is 0 Å². The first-order valence-electron chi connectivity index (χ1n) is 8.55. The van der Waals surface area contributed by atoms with Crippen molar-refractivity contribution in [1.82, 2.24) is 0 Å². The molecule has 0 aromatic heterocycles. The lowest BCUT2D eigenvalue weighted by molar-refractivity contribution is 0.160. The fourth-order valence-electron chi connectivity index (χ4n) is 2.90. The summed E-state index contributed by atoms with van der Waals surface area (Å²) in [5.74, 6) is 0.778. The number of hydrogen-bond acceptors (Lipinski definition) is 3. The van der Waals surface area contributed by atoms with Gasteiger partial charge in [-0.15, -0.1) is 0 Å². The van der Waals surface area contributed by atoms with Gasteiger partial charge in [0.05, 0.1) is 19.3 Å². The SMILES string of the molecule is COc1ccc(C(O)CC(Nc2ccc(Cl)cc2)c2ccccc2)cc1. The molecule has 26 heavy (non-hydrogen) atoms. The molecular formula is C22H22ClNO2. The fraction of sp³-hybridized carbons (Fsp3) is 0.182. The minimum atomic E-state index is -0.592. The average molecular weight is 368 g/mol. The summed E-state index contributed by atoms with van der Waals surface area (Å²) in [5.41, 5.74) is 2.95. The van der Waals surface area contributed by atoms with Gasteiger partial charge in [-0.2, -0.15) is 0 Å². The standard InChI is InChI=1S/C22H22ClNO2/c1-26-20-13-7-17(8-14-20)22(25)15-21(16-5-3-2-4-6-16)24-19-11-9-18(23)10-12-19/h2-14,21-22,24-25H,15H2,1H3. The van der Waals surface area contributed by atoms with Crippen molar-refractivity contribution in [2.45, 2.75) is 18.6 Å². The van der Waals surface area contributed by atoms with Gasteiger partial charge in [-0.25, -0.2) is 0 Å². The Hall–Kier alpha value is -2.49. The molecule has 0 aliphatic rings. The van der Waals surface area contributed by atoms with Crippen LogP contribution in [0.2, 0.25) is 5.02 Å². The first-order chi connectivity index (χ1) is 12.7. The molecule has 0 bridgehead atoms. The Morgan fingerprint density at radius 1 is 0.885 bits per heavy atom. The molecule has 0 saturated heterocycles. The molecule has 3 aromatic rings. The molecule has 4 heteroatoms. The van der Waals surface area contributed by atoms with Gasteiger partial charge in [-0.3, -0.25) is 0 Å². The van der Waals surface area contributed by atoms with Gasteiger partial charge < -0.3 is 15.2 Å². The molecule has 0 spiro atoms. The number of halogens is 1. The number of rotatable bonds is 7. The van der Waals surface area contributed by atoms with E-state index in [0.29, 0.717) is 11.4 Å². The molecule has 0 amide bonds. The number of hydrogen-bond donors (Lipinski definition) is 2. The fourth-order valence-corrected chi connectivity index (χ4v) is 3.02. The lowest BCUT2D eigenvalue weighted by Gasteiger charge is -2.23. The maximum Gasteiger partial charge on any atom is 0.118 e. The Labute approximate surface area is 159 Å². The van der Waals surface area contributed by atoms with E-state index >= 15 is 0 Å². The van der Waals surface area contributed by atoms with E-state index in [2.05, 4.69) is 17.4 Å². The summed E-state index contributed by atoms with van der Waals surface area (Å²) in [4.78, 5) is 0. The van der Waals surface area contributed by atoms with Gasteiger partial charge in [0.25, 0.3) is 0 Å². The van der Waals surface area contributed by atoms with Gasteiger partial charge in [0.15, 0.2) is 0 Å². The second kappa shape index (κ2) is 8.75. The van der Waals surface area contributed by atoms with Gasteiger partial charge in [-0.05, 0) is 47.5 Å². The summed E-state index contributed by atoms with van der Waals surface area (Å²) in [5, 5.41) is 14.9. The van der Waals surface area contributed by atoms with Crippen LogP contribution in [0.4, 0.5) is 5.69 Å². The van der Waals surface area contributed by atoms with Crippen LogP contribution in [0.1, 0.15) is 29.7 Å². The minimum absolute atomic E-state index is 0.0329. The lowest BCUT2D eigenvalue weighted by Crippen LogP contribution is -2.14. The Bertz CT molecular complexity index is 804. The Morgan fingerprint density at radius 3 is 2.15 bits per heavy atom. The van der Waals surface area contributed by atoms with Crippen LogP contribution >= 0.6 is 11.6 Å². The summed E-state index contributed by atoms with van der Waals surface area (Å²) in [7, 11) is 1.63. The van der Waals surface area contributed by atoms with Crippen molar-refractivity contribution >= 4 is 17.3 Å². The van der Waals surface area contributed by atoms with Gasteiger partial charge in [-0.1, -0.05) is 54.1 Å². The molecule has 0 heterocycles. The van der Waals surface area contributed by atoms with Crippen LogP contribution in [-0.2, 0) is 0 Å². The molecule has 2 atom stereocenters. The molecule has 3 nitrogen and oxygen atoms in total. The largest absolute Gasteiger partial charge is 0.497 e. The molecule has 0 radical (unpaired) electrons. The van der Waals surface area contributed by atoms with E-state index in [1.54, 1.807) is 7.11 Å². The number of anilines is 1. The molecule has 0 aliphatic heterocycles. The van der Waals surface area contributed by atoms with Crippen LogP contribution in [-0.4, -0.2) is 12.2 Å². The van der Waals surface area contributed by atoms with Crippen molar-refractivity contribution in [1.29, 1.82) is 0 Å². The highest BCUT2D eigenvalue weighted by molar-refractivity contribution is 6.30. The van der Waals surface area contributed by atoms with Crippen LogP contribution < -0.4 is 10.1 Å². The maximum atomic E-state index is 10.7. The highest BCUT2D eigenvalue weighted by atomic mass is 35.5. The molecule has 134 valence electrons. The summed E-state index contributed by atoms with van der Waals surface area (Å²) in [6.45, 7) is 0. The van der Waals surface area contributed by atoms with Crippen molar-refractivity contribution < 1.29 is 9.84 Å². The Kier molecular flexibility index (Phi) is 6.16. The van der Waals surface area contributed by atoms with Gasteiger partial charge >= 0.3 is 0 Å². The highest BCUT2D eigenvalue weighted by Gasteiger charge is 2.18. The van der Waals surface area contributed by atoms with Crippen LogP contribution in [0, 0.1) is 0 Å². The lowest BCUT2D eigenvalue weighted by atomic mass is 9.96. The van der Waals surface area contributed by atoms with E-state index in [1.165, 1.54) is 0 Å². The van der Waals surface area contributed by atoms with E-state index in [1.807, 2.05) is 66.7 Å². The summed E-state index contributed by atoms with van der Waals surface area (Å²) in [6, 6.07) is 25.2. The van der Waals surface area contributed by atoms with E-state index in [0.717, 1.165) is 22.6 Å². The minimum Gasteiger partial charge on any atom is -0.497 e. The maximum absolute atomic E-state index is 10.7. The third kappa shape index (κ3) is 4.78. The number of ether oxygens (including phenoxy) is 1. The Balaban J connectivity index is 1.79. The third-order valence-corrected chi connectivity index (χ3v) is 4.60. The van der Waals surface area contributed by atoms with Gasteiger partial charge in [0.1, 0.15) is 5.75 Å². The molecule has 0 aliphatic carbocycles. The molecule has 3 aromatic carbocycles. The highest BCUT2D eigenvalue weighted by Crippen LogP contribution is 2.30. The zero-order valence-electron chi connectivity index (χ0n) is 14.6. The van der Waals surface area contributed by atoms with Crippen molar-refractivity contribution in [2.75, 3.05) is 12.4 Å². The average Bonchev–Trinajstić information content (AvgIpc) is 2.70. The number of aliphatic hydroxyl groups excluding tert-OH is 1. The summed E-state index contributed by atoms with van der Waals surface area (Å²) >= 11 is 5.98. The first-order valence-corrected chi connectivity index (χ1v) is 8.92. The zero-order valence-corrected chi connectivity index (χ0v) is 15.4. The summed E-state index contributed by atoms with van der Waals surface area (Å²) < 4.78 is 5.18. The van der Waals surface area contributed by atoms with E-state index < -0.39 is 6.10 Å². The van der Waals surface area contributed by atoms with Gasteiger partial charge in [0, 0.05) is 17.1 Å². The van der Waals surface area contributed by atoms with Crippen LogP contribution in [0.25, 0.3) is 0 Å². The van der Waals surface area contributed by atoms with Crippen LogP contribution in [0.3, 0.4) is 0 Å². The van der Waals surface area contributed by atoms with E-state index in [9.17, 15) is 5.11 Å². The van der Waals surface area contributed by atoms with Crippen molar-refractivity contribution in [3.05, 3.63) is 95.0 Å². The first kappa shape index (κ1) is 18.3. The molecular weight excluding hydrogens is 346 g/mol. The monoisotopic (exact) mass is 367 g/mol. The van der Waals surface area contributed by atoms with Crippen LogP contribution in [0.15, 0.2) is 78.9 Å². The summed E-state index contributed by atoms with van der Waals surface area (Å²) in [6.07, 6.45) is -0.0511. The number of methoxy groups -OCH3 is 1. The Morgan fingerprint density at radius 2 is 1.54 bits per heavy atom.